The van der Waals surface area contributed by atoms with Gasteiger partial charge in [-0.2, -0.15) is 0 Å². The Kier molecular flexibility index (Phi) is 1.67. The van der Waals surface area contributed by atoms with E-state index < -0.39 is 11.2 Å². The number of esters is 1. The van der Waals surface area contributed by atoms with Crippen LogP contribution in [-0.2, 0) is 19.0 Å². The minimum atomic E-state index is -0.904. The number of ether oxygens (including phenoxy) is 3. The fourth-order valence-electron chi connectivity index (χ4n) is 5.23. The molecule has 8 atom stereocenters. The predicted molar refractivity (Wildman–Crippen MR) is 66.7 cm³/mol. The first kappa shape index (κ1) is 11.7. The summed E-state index contributed by atoms with van der Waals surface area (Å²) < 4.78 is 17.4. The summed E-state index contributed by atoms with van der Waals surface area (Å²) in [5.41, 5.74) is -1.30. The van der Waals surface area contributed by atoms with E-state index in [0.717, 1.165) is 0 Å². The van der Waals surface area contributed by atoms with Gasteiger partial charge in [-0.05, 0) is 26.7 Å². The standard InChI is InChI=1S/C15H18O5/c1-6-7-4-5-13(2,17)15-9(8(7)18-12(6)16)14(3)10(19-14)11(15)20-15/h7-11,17H,1,4-5H2,2-3H3/t7-,8-,9-,10-,11+,13+,14+,15-/m0/s1. The highest BCUT2D eigenvalue weighted by atomic mass is 16.7. The highest BCUT2D eigenvalue weighted by Crippen LogP contribution is 2.75. The molecule has 108 valence electrons. The fraction of sp³-hybridized carbons (Fsp3) is 0.800. The quantitative estimate of drug-likeness (QED) is 0.398. The number of hydrogen-bond donors (Lipinski definition) is 1. The molecule has 5 heteroatoms. The molecule has 5 nitrogen and oxygen atoms in total. The Labute approximate surface area is 116 Å². The maximum absolute atomic E-state index is 11.9. The van der Waals surface area contributed by atoms with Crippen LogP contribution in [0.1, 0.15) is 26.7 Å². The number of aliphatic hydroxyl groups is 1. The first-order chi connectivity index (χ1) is 9.33. The maximum atomic E-state index is 11.9. The predicted octanol–water partition coefficient (Wildman–Crippen LogP) is 0.554. The van der Waals surface area contributed by atoms with Crippen LogP contribution in [0, 0.1) is 11.8 Å². The summed E-state index contributed by atoms with van der Waals surface area (Å²) in [4.78, 5) is 11.9. The van der Waals surface area contributed by atoms with E-state index in [1.165, 1.54) is 0 Å². The van der Waals surface area contributed by atoms with E-state index in [0.29, 0.717) is 18.4 Å². The molecule has 0 amide bonds. The SMILES string of the molecule is C=C1C(=O)O[C@H]2[C@H]1CC[C@@](C)(O)[C@@]13O[C@@H]1[C@@H]1O[C@]1(C)[C@H]23. The largest absolute Gasteiger partial charge is 0.458 e. The van der Waals surface area contributed by atoms with E-state index in [1.54, 1.807) is 0 Å². The van der Waals surface area contributed by atoms with E-state index in [2.05, 4.69) is 6.58 Å². The molecule has 1 N–H and O–H groups in total. The highest BCUT2D eigenvalue weighted by molar-refractivity contribution is 5.91. The molecule has 0 radical (unpaired) electrons. The van der Waals surface area contributed by atoms with E-state index >= 15 is 0 Å². The normalized spacial score (nSPS) is 65.7. The lowest BCUT2D eigenvalue weighted by Gasteiger charge is -2.36. The van der Waals surface area contributed by atoms with Gasteiger partial charge in [-0.15, -0.1) is 0 Å². The Morgan fingerprint density at radius 2 is 2.05 bits per heavy atom. The van der Waals surface area contributed by atoms with Gasteiger partial charge in [-0.1, -0.05) is 6.58 Å². The molecule has 0 bridgehead atoms. The van der Waals surface area contributed by atoms with Gasteiger partial charge in [0.15, 0.2) is 0 Å². The number of rotatable bonds is 0. The van der Waals surface area contributed by atoms with Crippen molar-refractivity contribution in [3.05, 3.63) is 12.2 Å². The molecule has 2 aliphatic carbocycles. The number of carbonyl (C=O) groups is 1. The smallest absolute Gasteiger partial charge is 0.334 e. The number of carbonyl (C=O) groups excluding carboxylic acids is 1. The molecule has 0 unspecified atom stereocenters. The van der Waals surface area contributed by atoms with Crippen LogP contribution in [0.5, 0.6) is 0 Å². The molecule has 5 fully saturated rings. The zero-order valence-corrected chi connectivity index (χ0v) is 11.6. The van der Waals surface area contributed by atoms with Crippen molar-refractivity contribution in [1.82, 2.24) is 0 Å². The second kappa shape index (κ2) is 2.85. The van der Waals surface area contributed by atoms with Crippen LogP contribution in [0.25, 0.3) is 0 Å². The summed E-state index contributed by atoms with van der Waals surface area (Å²) in [6, 6.07) is 0. The van der Waals surface area contributed by atoms with Crippen LogP contribution in [0.4, 0.5) is 0 Å². The molecule has 0 aromatic rings. The molecule has 5 aliphatic rings. The molecule has 3 saturated heterocycles. The van der Waals surface area contributed by atoms with Crippen molar-refractivity contribution < 1.29 is 24.1 Å². The summed E-state index contributed by atoms with van der Waals surface area (Å²) >= 11 is 0. The molecule has 3 heterocycles. The molecule has 3 aliphatic heterocycles. The third-order valence-corrected chi connectivity index (χ3v) is 6.39. The third-order valence-electron chi connectivity index (χ3n) is 6.39. The zero-order valence-electron chi connectivity index (χ0n) is 11.6. The maximum Gasteiger partial charge on any atom is 0.334 e. The van der Waals surface area contributed by atoms with Gasteiger partial charge < -0.3 is 19.3 Å². The van der Waals surface area contributed by atoms with Gasteiger partial charge >= 0.3 is 5.97 Å². The highest BCUT2D eigenvalue weighted by Gasteiger charge is 2.92. The van der Waals surface area contributed by atoms with Gasteiger partial charge in [0.1, 0.15) is 29.5 Å². The van der Waals surface area contributed by atoms with Gasteiger partial charge in [-0.25, -0.2) is 4.79 Å². The number of epoxide rings is 2. The van der Waals surface area contributed by atoms with Crippen molar-refractivity contribution in [3.8, 4) is 0 Å². The summed E-state index contributed by atoms with van der Waals surface area (Å²) in [6.07, 6.45) is 1.01. The van der Waals surface area contributed by atoms with Crippen LogP contribution < -0.4 is 0 Å². The molecule has 5 rings (SSSR count). The van der Waals surface area contributed by atoms with Gasteiger partial charge in [0.2, 0.25) is 0 Å². The van der Waals surface area contributed by atoms with Crippen LogP contribution in [0.3, 0.4) is 0 Å². The Morgan fingerprint density at radius 3 is 2.80 bits per heavy atom. The summed E-state index contributed by atoms with van der Waals surface area (Å²) in [7, 11) is 0. The minimum Gasteiger partial charge on any atom is -0.458 e. The fourth-order valence-corrected chi connectivity index (χ4v) is 5.23. The average Bonchev–Trinajstić information content (AvgIpc) is 3.21. The topological polar surface area (TPSA) is 71.6 Å². The van der Waals surface area contributed by atoms with Crippen LogP contribution in [0.2, 0.25) is 0 Å². The van der Waals surface area contributed by atoms with Crippen molar-refractivity contribution in [2.24, 2.45) is 11.8 Å². The van der Waals surface area contributed by atoms with Crippen molar-refractivity contribution in [3.63, 3.8) is 0 Å². The summed E-state index contributed by atoms with van der Waals surface area (Å²) in [5, 5.41) is 10.9. The number of fused-ring (bicyclic) bond motifs is 5. The summed E-state index contributed by atoms with van der Waals surface area (Å²) in [5.74, 6) is -0.430. The monoisotopic (exact) mass is 278 g/mol. The molecule has 1 spiro atoms. The summed E-state index contributed by atoms with van der Waals surface area (Å²) in [6.45, 7) is 7.78. The second-order valence-electron chi connectivity index (χ2n) is 7.35. The van der Waals surface area contributed by atoms with Crippen LogP contribution in [0.15, 0.2) is 12.2 Å². The van der Waals surface area contributed by atoms with Gasteiger partial charge in [-0.3, -0.25) is 0 Å². The second-order valence-corrected chi connectivity index (χ2v) is 7.35. The zero-order chi connectivity index (χ0) is 14.1. The Bertz CT molecular complexity index is 569. The minimum absolute atomic E-state index is 0.0250. The lowest BCUT2D eigenvalue weighted by Crippen LogP contribution is -2.53. The van der Waals surface area contributed by atoms with Gasteiger partial charge in [0, 0.05) is 11.5 Å². The van der Waals surface area contributed by atoms with E-state index in [4.69, 9.17) is 14.2 Å². The lowest BCUT2D eigenvalue weighted by molar-refractivity contribution is -0.147. The molecule has 2 saturated carbocycles. The molecule has 20 heavy (non-hydrogen) atoms. The average molecular weight is 278 g/mol. The first-order valence-corrected chi connectivity index (χ1v) is 7.31. The van der Waals surface area contributed by atoms with Crippen molar-refractivity contribution in [1.29, 1.82) is 0 Å². The number of hydrogen-bond acceptors (Lipinski definition) is 5. The van der Waals surface area contributed by atoms with Crippen LogP contribution in [-0.4, -0.2) is 46.2 Å². The van der Waals surface area contributed by atoms with E-state index in [1.807, 2.05) is 13.8 Å². The van der Waals surface area contributed by atoms with Gasteiger partial charge in [0.25, 0.3) is 0 Å². The van der Waals surface area contributed by atoms with E-state index in [-0.39, 0.29) is 41.7 Å². The van der Waals surface area contributed by atoms with E-state index in [9.17, 15) is 9.90 Å². The molecule has 0 aromatic carbocycles. The Hall–Kier alpha value is -0.910. The van der Waals surface area contributed by atoms with Gasteiger partial charge in [0.05, 0.1) is 11.5 Å². The molecular formula is C15H18O5. The van der Waals surface area contributed by atoms with Crippen LogP contribution >= 0.6 is 0 Å². The first-order valence-electron chi connectivity index (χ1n) is 7.31. The Balaban J connectivity index is 1.67. The molecule has 0 aromatic heterocycles. The van der Waals surface area contributed by atoms with Crippen molar-refractivity contribution in [2.45, 2.75) is 61.8 Å². The third kappa shape index (κ3) is 0.954. The van der Waals surface area contributed by atoms with Crippen molar-refractivity contribution in [2.75, 3.05) is 0 Å². The Morgan fingerprint density at radius 1 is 1.30 bits per heavy atom. The molecular weight excluding hydrogens is 260 g/mol. The van der Waals surface area contributed by atoms with Crippen molar-refractivity contribution >= 4 is 5.97 Å². The lowest BCUT2D eigenvalue weighted by atomic mass is 9.74.